The van der Waals surface area contributed by atoms with Gasteiger partial charge < -0.3 is 5.11 Å². The molecule has 1 N–H and O–H groups in total. The summed E-state index contributed by atoms with van der Waals surface area (Å²) in [6, 6.07) is 7.85. The number of rotatable bonds is 2. The molecule has 2 aromatic carbocycles. The molecule has 0 spiro atoms. The highest BCUT2D eigenvalue weighted by molar-refractivity contribution is 5.91. The first kappa shape index (κ1) is 12.2. The molecule has 18 heavy (non-hydrogen) atoms. The Labute approximate surface area is 103 Å². The summed E-state index contributed by atoms with van der Waals surface area (Å²) in [7, 11) is 0. The average molecular weight is 248 g/mol. The maximum absolute atomic E-state index is 13.6. The molecule has 2 aromatic rings. The van der Waals surface area contributed by atoms with E-state index in [1.165, 1.54) is 24.3 Å². The highest BCUT2D eigenvalue weighted by Gasteiger charge is 2.14. The van der Waals surface area contributed by atoms with E-state index < -0.39 is 17.6 Å². The van der Waals surface area contributed by atoms with Crippen molar-refractivity contribution < 1.29 is 18.7 Å². The fourth-order valence-electron chi connectivity index (χ4n) is 1.78. The van der Waals surface area contributed by atoms with Gasteiger partial charge in [0.05, 0.1) is 11.1 Å². The van der Waals surface area contributed by atoms with Crippen LogP contribution in [0.4, 0.5) is 8.78 Å². The van der Waals surface area contributed by atoms with Crippen LogP contribution in [0, 0.1) is 18.6 Å². The van der Waals surface area contributed by atoms with Crippen LogP contribution in [-0.2, 0) is 0 Å². The van der Waals surface area contributed by atoms with Crippen molar-refractivity contribution in [2.75, 3.05) is 0 Å². The lowest BCUT2D eigenvalue weighted by atomic mass is 9.99. The maximum atomic E-state index is 13.6. The number of carboxylic acid groups (broad SMARTS) is 1. The van der Waals surface area contributed by atoms with Crippen molar-refractivity contribution in [3.63, 3.8) is 0 Å². The average Bonchev–Trinajstić information content (AvgIpc) is 2.30. The second-order valence-corrected chi connectivity index (χ2v) is 3.93. The fourth-order valence-corrected chi connectivity index (χ4v) is 1.78. The van der Waals surface area contributed by atoms with Gasteiger partial charge >= 0.3 is 5.97 Å². The number of aromatic carboxylic acids is 1. The Hall–Kier alpha value is -2.23. The number of carbonyl (C=O) groups is 1. The van der Waals surface area contributed by atoms with E-state index >= 15 is 0 Å². The molecule has 0 fully saturated rings. The first-order valence-corrected chi connectivity index (χ1v) is 5.29. The van der Waals surface area contributed by atoms with Crippen LogP contribution in [0.15, 0.2) is 36.4 Å². The van der Waals surface area contributed by atoms with Gasteiger partial charge in [0, 0.05) is 0 Å². The van der Waals surface area contributed by atoms with Crippen molar-refractivity contribution in [2.24, 2.45) is 0 Å². The van der Waals surface area contributed by atoms with E-state index in [-0.39, 0.29) is 16.7 Å². The number of aryl methyl sites for hydroxylation is 1. The Morgan fingerprint density at radius 2 is 1.72 bits per heavy atom. The highest BCUT2D eigenvalue weighted by atomic mass is 19.1. The second-order valence-electron chi connectivity index (χ2n) is 3.93. The SMILES string of the molecule is Cc1ccc(-c2c(F)cccc2F)cc1C(=O)O. The molecule has 0 radical (unpaired) electrons. The lowest BCUT2D eigenvalue weighted by molar-refractivity contribution is 0.0696. The minimum absolute atomic E-state index is 0.0372. The standard InChI is InChI=1S/C14H10F2O2/c1-8-5-6-9(7-10(8)14(17)18)13-11(15)3-2-4-12(13)16/h2-7H,1H3,(H,17,18). The summed E-state index contributed by atoms with van der Waals surface area (Å²) < 4.78 is 27.2. The number of hydrogen-bond acceptors (Lipinski definition) is 1. The van der Waals surface area contributed by atoms with Crippen LogP contribution < -0.4 is 0 Å². The maximum Gasteiger partial charge on any atom is 0.335 e. The van der Waals surface area contributed by atoms with E-state index in [4.69, 9.17) is 5.11 Å². The van der Waals surface area contributed by atoms with Crippen LogP contribution in [0.25, 0.3) is 11.1 Å². The molecule has 92 valence electrons. The van der Waals surface area contributed by atoms with Crippen LogP contribution >= 0.6 is 0 Å². The highest BCUT2D eigenvalue weighted by Crippen LogP contribution is 2.27. The van der Waals surface area contributed by atoms with Crippen molar-refractivity contribution in [1.29, 1.82) is 0 Å². The second kappa shape index (κ2) is 4.56. The Bertz CT molecular complexity index is 601. The van der Waals surface area contributed by atoms with Crippen molar-refractivity contribution in [3.05, 3.63) is 59.2 Å². The zero-order valence-corrected chi connectivity index (χ0v) is 9.58. The van der Waals surface area contributed by atoms with E-state index in [1.807, 2.05) is 0 Å². The molecular formula is C14H10F2O2. The number of benzene rings is 2. The first-order valence-electron chi connectivity index (χ1n) is 5.29. The predicted octanol–water partition coefficient (Wildman–Crippen LogP) is 3.64. The number of carboxylic acids is 1. The zero-order valence-electron chi connectivity index (χ0n) is 9.58. The van der Waals surface area contributed by atoms with Crippen molar-refractivity contribution in [3.8, 4) is 11.1 Å². The molecule has 0 aliphatic carbocycles. The molecule has 0 bridgehead atoms. The van der Waals surface area contributed by atoms with Gasteiger partial charge in [-0.05, 0) is 36.2 Å². The van der Waals surface area contributed by atoms with Crippen LogP contribution in [0.1, 0.15) is 15.9 Å². The van der Waals surface area contributed by atoms with Crippen molar-refractivity contribution in [2.45, 2.75) is 6.92 Å². The summed E-state index contributed by atoms with van der Waals surface area (Å²) in [6.07, 6.45) is 0. The summed E-state index contributed by atoms with van der Waals surface area (Å²) in [4.78, 5) is 11.0. The largest absolute Gasteiger partial charge is 0.478 e. The lowest BCUT2D eigenvalue weighted by Gasteiger charge is -2.08. The van der Waals surface area contributed by atoms with Gasteiger partial charge in [-0.1, -0.05) is 18.2 Å². The topological polar surface area (TPSA) is 37.3 Å². The monoisotopic (exact) mass is 248 g/mol. The van der Waals surface area contributed by atoms with Gasteiger partial charge in [-0.15, -0.1) is 0 Å². The van der Waals surface area contributed by atoms with Gasteiger partial charge in [0.2, 0.25) is 0 Å². The molecular weight excluding hydrogens is 238 g/mol. The normalized spacial score (nSPS) is 10.4. The van der Waals surface area contributed by atoms with E-state index in [2.05, 4.69) is 0 Å². The lowest BCUT2D eigenvalue weighted by Crippen LogP contribution is -2.00. The van der Waals surface area contributed by atoms with Crippen molar-refractivity contribution in [1.82, 2.24) is 0 Å². The Kier molecular flexibility index (Phi) is 3.10. The third-order valence-corrected chi connectivity index (χ3v) is 2.72. The van der Waals surface area contributed by atoms with Crippen LogP contribution in [0.3, 0.4) is 0 Å². The minimum atomic E-state index is -1.12. The third kappa shape index (κ3) is 2.09. The van der Waals surface area contributed by atoms with Gasteiger partial charge in [-0.2, -0.15) is 0 Å². The smallest absolute Gasteiger partial charge is 0.335 e. The van der Waals surface area contributed by atoms with E-state index in [0.29, 0.717) is 5.56 Å². The molecule has 0 heterocycles. The molecule has 0 saturated heterocycles. The quantitative estimate of drug-likeness (QED) is 0.880. The third-order valence-electron chi connectivity index (χ3n) is 2.72. The molecule has 0 saturated carbocycles. The molecule has 0 aromatic heterocycles. The molecule has 0 aliphatic rings. The predicted molar refractivity (Wildman–Crippen MR) is 63.5 cm³/mol. The van der Waals surface area contributed by atoms with Crippen LogP contribution in [-0.4, -0.2) is 11.1 Å². The van der Waals surface area contributed by atoms with E-state index in [1.54, 1.807) is 6.92 Å². The van der Waals surface area contributed by atoms with Gasteiger partial charge in [0.25, 0.3) is 0 Å². The van der Waals surface area contributed by atoms with Gasteiger partial charge in [-0.3, -0.25) is 0 Å². The fraction of sp³-hybridized carbons (Fsp3) is 0.0714. The summed E-state index contributed by atoms with van der Waals surface area (Å²) >= 11 is 0. The molecule has 2 rings (SSSR count). The summed E-state index contributed by atoms with van der Waals surface area (Å²) in [5.41, 5.74) is 0.590. The van der Waals surface area contributed by atoms with Crippen molar-refractivity contribution >= 4 is 5.97 Å². The molecule has 4 heteroatoms. The van der Waals surface area contributed by atoms with Gasteiger partial charge in [0.1, 0.15) is 11.6 Å². The van der Waals surface area contributed by atoms with Crippen LogP contribution in [0.5, 0.6) is 0 Å². The Morgan fingerprint density at radius 1 is 1.11 bits per heavy atom. The molecule has 0 unspecified atom stereocenters. The minimum Gasteiger partial charge on any atom is -0.478 e. The summed E-state index contributed by atoms with van der Waals surface area (Å²) in [5, 5.41) is 8.99. The molecule has 0 atom stereocenters. The van der Waals surface area contributed by atoms with E-state index in [0.717, 1.165) is 12.1 Å². The number of halogens is 2. The van der Waals surface area contributed by atoms with Crippen LogP contribution in [0.2, 0.25) is 0 Å². The van der Waals surface area contributed by atoms with E-state index in [9.17, 15) is 13.6 Å². The molecule has 0 amide bonds. The Balaban J connectivity index is 2.65. The molecule has 2 nitrogen and oxygen atoms in total. The van der Waals surface area contributed by atoms with Gasteiger partial charge in [-0.25, -0.2) is 13.6 Å². The number of hydrogen-bond donors (Lipinski definition) is 1. The Morgan fingerprint density at radius 3 is 2.28 bits per heavy atom. The zero-order chi connectivity index (χ0) is 13.3. The van der Waals surface area contributed by atoms with Gasteiger partial charge in [0.15, 0.2) is 0 Å². The summed E-state index contributed by atoms with van der Waals surface area (Å²) in [5.74, 6) is -2.54. The molecule has 0 aliphatic heterocycles. The summed E-state index contributed by atoms with van der Waals surface area (Å²) in [6.45, 7) is 1.63. The first-order chi connectivity index (χ1) is 8.50.